The third-order valence-electron chi connectivity index (χ3n) is 3.14. The molecule has 8 heteroatoms. The number of rotatable bonds is 6. The van der Waals surface area contributed by atoms with E-state index in [4.69, 9.17) is 0 Å². The highest BCUT2D eigenvalue weighted by molar-refractivity contribution is 7.88. The number of carbonyl (C=O) groups excluding carboxylic acids is 1. The second-order valence-electron chi connectivity index (χ2n) is 4.72. The molecule has 7 nitrogen and oxygen atoms in total. The van der Waals surface area contributed by atoms with Crippen molar-refractivity contribution in [3.63, 3.8) is 0 Å². The molecule has 0 radical (unpaired) electrons. The van der Waals surface area contributed by atoms with Crippen molar-refractivity contribution in [2.75, 3.05) is 13.7 Å². The first-order chi connectivity index (χ1) is 8.96. The van der Waals surface area contributed by atoms with Crippen molar-refractivity contribution in [3.8, 4) is 0 Å². The number of hydrogen-bond acceptors (Lipinski definition) is 5. The first kappa shape index (κ1) is 16.2. The minimum absolute atomic E-state index is 0.123. The Kier molecular flexibility index (Phi) is 6.53. The zero-order chi connectivity index (χ0) is 14.3. The zero-order valence-corrected chi connectivity index (χ0v) is 12.3. The van der Waals surface area contributed by atoms with Gasteiger partial charge in [-0.3, -0.25) is 0 Å². The maximum atomic E-state index is 11.6. The lowest BCUT2D eigenvalue weighted by molar-refractivity contribution is 0.177. The molecule has 1 aliphatic rings. The van der Waals surface area contributed by atoms with Gasteiger partial charge >= 0.3 is 16.3 Å². The maximum absolute atomic E-state index is 11.6. The van der Waals surface area contributed by atoms with Crippen molar-refractivity contribution in [2.45, 2.75) is 51.1 Å². The van der Waals surface area contributed by atoms with Crippen LogP contribution in [0.1, 0.15) is 39.0 Å². The van der Waals surface area contributed by atoms with Crippen LogP contribution in [-0.4, -0.2) is 40.2 Å². The number of hydrogen-bond donors (Lipinski definition) is 3. The predicted octanol–water partition coefficient (Wildman–Crippen LogP) is 0.488. The lowest BCUT2D eigenvalue weighted by atomic mass is 9.92. The predicted molar refractivity (Wildman–Crippen MR) is 71.9 cm³/mol. The zero-order valence-electron chi connectivity index (χ0n) is 11.4. The lowest BCUT2D eigenvalue weighted by Crippen LogP contribution is -2.47. The van der Waals surface area contributed by atoms with E-state index in [0.717, 1.165) is 45.8 Å². The van der Waals surface area contributed by atoms with Gasteiger partial charge in [0.05, 0.1) is 7.11 Å². The summed E-state index contributed by atoms with van der Waals surface area (Å²) in [7, 11) is -2.70. The normalized spacial score (nSPS) is 23.9. The fourth-order valence-corrected chi connectivity index (χ4v) is 3.20. The van der Waals surface area contributed by atoms with Crippen LogP contribution >= 0.6 is 0 Å². The molecule has 19 heavy (non-hydrogen) atoms. The van der Waals surface area contributed by atoms with Gasteiger partial charge in [0.15, 0.2) is 0 Å². The van der Waals surface area contributed by atoms with Crippen LogP contribution in [0.2, 0.25) is 0 Å². The van der Waals surface area contributed by atoms with Gasteiger partial charge in [-0.25, -0.2) is 9.52 Å². The number of methoxy groups -OCH3 is 1. The van der Waals surface area contributed by atoms with Crippen LogP contribution in [0, 0.1) is 0 Å². The molecule has 0 saturated heterocycles. The molecule has 0 unspecified atom stereocenters. The Morgan fingerprint density at radius 1 is 1.21 bits per heavy atom. The molecule has 1 amide bonds. The summed E-state index contributed by atoms with van der Waals surface area (Å²) >= 11 is 0. The first-order valence-electron chi connectivity index (χ1n) is 6.58. The summed E-state index contributed by atoms with van der Waals surface area (Å²) in [6.45, 7) is 3.11. The second-order valence-corrected chi connectivity index (χ2v) is 6.16. The van der Waals surface area contributed by atoms with Gasteiger partial charge in [0, 0.05) is 12.1 Å². The summed E-state index contributed by atoms with van der Waals surface area (Å²) in [5, 5.41) is 3.43. The summed E-state index contributed by atoms with van der Waals surface area (Å²) in [4.78, 5) is 10.9. The summed E-state index contributed by atoms with van der Waals surface area (Å²) in [6, 6.07) is 0.344. The smallest absolute Gasteiger partial charge is 0.421 e. The Labute approximate surface area is 114 Å². The van der Waals surface area contributed by atoms with E-state index in [1.165, 1.54) is 0 Å². The molecule has 0 aromatic heterocycles. The second kappa shape index (κ2) is 7.66. The van der Waals surface area contributed by atoms with E-state index in [1.807, 2.05) is 0 Å². The lowest BCUT2D eigenvalue weighted by Gasteiger charge is -2.29. The number of carbonyl (C=O) groups is 1. The van der Waals surface area contributed by atoms with E-state index >= 15 is 0 Å². The molecule has 0 atom stereocenters. The van der Waals surface area contributed by atoms with Crippen LogP contribution in [-0.2, 0) is 14.9 Å². The van der Waals surface area contributed by atoms with Crippen molar-refractivity contribution in [1.29, 1.82) is 0 Å². The van der Waals surface area contributed by atoms with Crippen LogP contribution in [0.25, 0.3) is 0 Å². The van der Waals surface area contributed by atoms with Crippen molar-refractivity contribution in [3.05, 3.63) is 0 Å². The largest absolute Gasteiger partial charge is 0.452 e. The molecular weight excluding hydrogens is 270 g/mol. The molecule has 0 spiro atoms. The van der Waals surface area contributed by atoms with Crippen LogP contribution in [0.5, 0.6) is 0 Å². The minimum Gasteiger partial charge on any atom is -0.452 e. The fourth-order valence-electron chi connectivity index (χ4n) is 2.16. The van der Waals surface area contributed by atoms with Gasteiger partial charge in [-0.05, 0) is 38.6 Å². The minimum atomic E-state index is -3.82. The highest BCUT2D eigenvalue weighted by atomic mass is 32.2. The monoisotopic (exact) mass is 293 g/mol. The van der Waals surface area contributed by atoms with Crippen LogP contribution in [0.3, 0.4) is 0 Å². The van der Waals surface area contributed by atoms with Crippen molar-refractivity contribution < 1.29 is 17.9 Å². The van der Waals surface area contributed by atoms with Gasteiger partial charge < -0.3 is 10.1 Å². The Hall–Kier alpha value is -0.860. The molecule has 1 fully saturated rings. The third-order valence-corrected chi connectivity index (χ3v) is 4.21. The van der Waals surface area contributed by atoms with Gasteiger partial charge in [-0.1, -0.05) is 6.92 Å². The summed E-state index contributed by atoms with van der Waals surface area (Å²) in [5.41, 5.74) is 0. The highest BCUT2D eigenvalue weighted by Gasteiger charge is 2.25. The molecule has 0 aromatic rings. The maximum Gasteiger partial charge on any atom is 0.421 e. The van der Waals surface area contributed by atoms with Gasteiger partial charge in [-0.2, -0.15) is 13.1 Å². The van der Waals surface area contributed by atoms with E-state index in [1.54, 1.807) is 4.72 Å². The Morgan fingerprint density at radius 3 is 2.32 bits per heavy atom. The van der Waals surface area contributed by atoms with Crippen LogP contribution in [0.4, 0.5) is 4.79 Å². The number of ether oxygens (including phenoxy) is 1. The van der Waals surface area contributed by atoms with Gasteiger partial charge in [0.25, 0.3) is 0 Å². The summed E-state index contributed by atoms with van der Waals surface area (Å²) < 4.78 is 31.7. The molecule has 1 aliphatic carbocycles. The standard InChI is InChI=1S/C11H23N3O4S/c1-3-8-12-9-4-6-10(7-5-9)13-19(16,17)14-11(15)18-2/h9-10,12-13H,3-8H2,1-2H3,(H,14,15). The summed E-state index contributed by atoms with van der Waals surface area (Å²) in [6.07, 6.45) is 3.52. The first-order valence-corrected chi connectivity index (χ1v) is 8.06. The Bertz CT molecular complexity index is 377. The van der Waals surface area contributed by atoms with Crippen molar-refractivity contribution >= 4 is 16.3 Å². The van der Waals surface area contributed by atoms with Crippen molar-refractivity contribution in [1.82, 2.24) is 14.8 Å². The fraction of sp³-hybridized carbons (Fsp3) is 0.909. The van der Waals surface area contributed by atoms with E-state index in [0.29, 0.717) is 6.04 Å². The highest BCUT2D eigenvalue weighted by Crippen LogP contribution is 2.19. The van der Waals surface area contributed by atoms with Crippen LogP contribution in [0.15, 0.2) is 0 Å². The Balaban J connectivity index is 2.34. The Morgan fingerprint density at radius 2 is 1.79 bits per heavy atom. The van der Waals surface area contributed by atoms with Gasteiger partial charge in [-0.15, -0.1) is 0 Å². The van der Waals surface area contributed by atoms with E-state index in [2.05, 4.69) is 21.7 Å². The quantitative estimate of drug-likeness (QED) is 0.662. The molecule has 112 valence electrons. The number of amides is 1. The van der Waals surface area contributed by atoms with E-state index in [-0.39, 0.29) is 6.04 Å². The van der Waals surface area contributed by atoms with Crippen molar-refractivity contribution in [2.24, 2.45) is 0 Å². The average molecular weight is 293 g/mol. The molecule has 0 aromatic carbocycles. The van der Waals surface area contributed by atoms with E-state index in [9.17, 15) is 13.2 Å². The molecule has 0 heterocycles. The van der Waals surface area contributed by atoms with Gasteiger partial charge in [0.2, 0.25) is 0 Å². The molecule has 0 aliphatic heterocycles. The topological polar surface area (TPSA) is 96.5 Å². The molecule has 1 rings (SSSR count). The molecule has 0 bridgehead atoms. The third kappa shape index (κ3) is 6.22. The summed E-state index contributed by atoms with van der Waals surface area (Å²) in [5.74, 6) is 0. The number of nitrogens with one attached hydrogen (secondary N) is 3. The SMILES string of the molecule is CCCNC1CCC(NS(=O)(=O)NC(=O)OC)CC1. The molecule has 1 saturated carbocycles. The van der Waals surface area contributed by atoms with Crippen LogP contribution < -0.4 is 14.8 Å². The molecule has 3 N–H and O–H groups in total. The molecular formula is C11H23N3O4S. The average Bonchev–Trinajstić information content (AvgIpc) is 2.37. The van der Waals surface area contributed by atoms with Gasteiger partial charge in [0.1, 0.15) is 0 Å². The van der Waals surface area contributed by atoms with E-state index < -0.39 is 16.3 Å².